The normalized spacial score (nSPS) is 34.5. The minimum absolute atomic E-state index is 0.587. The molecular weight excluding hydrogens is 384 g/mol. The van der Waals surface area contributed by atoms with Crippen LogP contribution < -0.4 is 0 Å². The third-order valence-corrected chi connectivity index (χ3v) is 7.54. The van der Waals surface area contributed by atoms with Crippen molar-refractivity contribution in [2.75, 3.05) is 0 Å². The summed E-state index contributed by atoms with van der Waals surface area (Å²) in [6.45, 7) is 12.5. The fraction of sp³-hybridized carbons (Fsp3) is 0.917. The highest BCUT2D eigenvalue weighted by molar-refractivity contribution is 5.85. The number of aliphatic hydroxyl groups excluding tert-OH is 2. The van der Waals surface area contributed by atoms with E-state index in [0.717, 1.165) is 25.7 Å². The van der Waals surface area contributed by atoms with Crippen LogP contribution in [0.3, 0.4) is 0 Å². The van der Waals surface area contributed by atoms with Gasteiger partial charge in [0.2, 0.25) is 0 Å². The number of aliphatic hydroxyl groups is 2. The molecule has 0 bridgehead atoms. The van der Waals surface area contributed by atoms with E-state index in [9.17, 15) is 19.8 Å². The molecule has 2 rings (SSSR count). The summed E-state index contributed by atoms with van der Waals surface area (Å²) in [4.78, 5) is 24.9. The molecule has 6 heteroatoms. The Morgan fingerprint density at radius 2 is 0.967 bits per heavy atom. The van der Waals surface area contributed by atoms with E-state index in [0.29, 0.717) is 49.4 Å². The summed E-state index contributed by atoms with van der Waals surface area (Å²) in [6.07, 6.45) is 2.80. The van der Waals surface area contributed by atoms with Gasteiger partial charge in [0.05, 0.1) is 0 Å². The Bertz CT molecular complexity index is 531. The van der Waals surface area contributed by atoms with Crippen LogP contribution in [0, 0.1) is 23.7 Å². The van der Waals surface area contributed by atoms with Crippen LogP contribution in [0.25, 0.3) is 0 Å². The minimum atomic E-state index is -1.94. The van der Waals surface area contributed by atoms with E-state index < -0.39 is 35.3 Å². The van der Waals surface area contributed by atoms with Gasteiger partial charge in [-0.05, 0) is 88.9 Å². The maximum absolute atomic E-state index is 12.4. The Morgan fingerprint density at radius 1 is 0.700 bits per heavy atom. The maximum Gasteiger partial charge on any atom is 0.338 e. The van der Waals surface area contributed by atoms with Crippen LogP contribution in [-0.4, -0.2) is 45.6 Å². The fourth-order valence-corrected chi connectivity index (χ4v) is 4.90. The Morgan fingerprint density at radius 3 is 1.20 bits per heavy atom. The van der Waals surface area contributed by atoms with Crippen molar-refractivity contribution in [1.29, 1.82) is 0 Å². The van der Waals surface area contributed by atoms with E-state index in [1.807, 2.05) is 13.8 Å². The van der Waals surface area contributed by atoms with Crippen LogP contribution in [0.2, 0.25) is 0 Å². The largest absolute Gasteiger partial charge is 0.457 e. The predicted molar refractivity (Wildman–Crippen MR) is 115 cm³/mol. The maximum atomic E-state index is 12.4. The SMILES string of the molecule is CC(C)C1CCC(C)(OC(=O)C(O)C(O)C(=O)OC2(C)CCC(C(C)C)CC2)CC1. The van der Waals surface area contributed by atoms with Gasteiger partial charge in [0.25, 0.3) is 0 Å². The molecule has 0 spiro atoms. The Balaban J connectivity index is 1.86. The summed E-state index contributed by atoms with van der Waals surface area (Å²) in [6, 6.07) is 0. The van der Waals surface area contributed by atoms with E-state index in [2.05, 4.69) is 27.7 Å². The summed E-state index contributed by atoms with van der Waals surface area (Å²) < 4.78 is 11.1. The molecule has 2 fully saturated rings. The third kappa shape index (κ3) is 6.43. The lowest BCUT2D eigenvalue weighted by molar-refractivity contribution is -0.192. The summed E-state index contributed by atoms with van der Waals surface area (Å²) in [5.41, 5.74) is -1.34. The highest BCUT2D eigenvalue weighted by Crippen LogP contribution is 2.39. The second-order valence-electron chi connectivity index (χ2n) is 10.8. The molecule has 0 aromatic rings. The Kier molecular flexibility index (Phi) is 8.36. The van der Waals surface area contributed by atoms with Gasteiger partial charge in [-0.1, -0.05) is 27.7 Å². The standard InChI is InChI=1S/C24H42O6/c1-15(2)17-7-11-23(5,12-8-17)29-21(27)19(25)20(26)22(28)30-24(6)13-9-18(10-14-24)16(3)4/h15-20,25-26H,7-14H2,1-6H3. The number of carbonyl (C=O) groups is 2. The molecule has 0 heterocycles. The van der Waals surface area contributed by atoms with E-state index >= 15 is 0 Å². The molecule has 2 saturated carbocycles. The second kappa shape index (κ2) is 9.99. The van der Waals surface area contributed by atoms with Gasteiger partial charge in [0.15, 0.2) is 12.2 Å². The van der Waals surface area contributed by atoms with Gasteiger partial charge in [-0.15, -0.1) is 0 Å². The number of ether oxygens (including phenoxy) is 2. The molecular formula is C24H42O6. The monoisotopic (exact) mass is 426 g/mol. The van der Waals surface area contributed by atoms with E-state index in [4.69, 9.17) is 9.47 Å². The highest BCUT2D eigenvalue weighted by atomic mass is 16.6. The van der Waals surface area contributed by atoms with Crippen molar-refractivity contribution in [1.82, 2.24) is 0 Å². The molecule has 2 aliphatic carbocycles. The summed E-state index contributed by atoms with van der Waals surface area (Å²) >= 11 is 0. The first-order valence-corrected chi connectivity index (χ1v) is 11.7. The average Bonchev–Trinajstić information content (AvgIpc) is 2.66. The van der Waals surface area contributed by atoms with Crippen LogP contribution in [0.1, 0.15) is 92.9 Å². The number of hydrogen-bond acceptors (Lipinski definition) is 6. The highest BCUT2D eigenvalue weighted by Gasteiger charge is 2.42. The molecule has 0 radical (unpaired) electrons. The molecule has 0 saturated heterocycles. The first-order chi connectivity index (χ1) is 13.9. The van der Waals surface area contributed by atoms with Gasteiger partial charge in [-0.3, -0.25) is 0 Å². The number of hydrogen-bond donors (Lipinski definition) is 2. The summed E-state index contributed by atoms with van der Waals surface area (Å²) in [5, 5.41) is 20.5. The van der Waals surface area contributed by atoms with Crippen molar-refractivity contribution < 1.29 is 29.3 Å². The molecule has 2 N–H and O–H groups in total. The summed E-state index contributed by atoms with van der Waals surface area (Å²) in [7, 11) is 0. The van der Waals surface area contributed by atoms with Gasteiger partial charge in [0.1, 0.15) is 11.2 Å². The van der Waals surface area contributed by atoms with Gasteiger partial charge in [0, 0.05) is 0 Å². The van der Waals surface area contributed by atoms with Crippen molar-refractivity contribution in [3.8, 4) is 0 Å². The lowest BCUT2D eigenvalue weighted by Crippen LogP contribution is -2.48. The Hall–Kier alpha value is -1.14. The molecule has 6 nitrogen and oxygen atoms in total. The molecule has 30 heavy (non-hydrogen) atoms. The number of rotatable bonds is 7. The molecule has 2 unspecified atom stereocenters. The first-order valence-electron chi connectivity index (χ1n) is 11.7. The molecule has 2 atom stereocenters. The van der Waals surface area contributed by atoms with Crippen molar-refractivity contribution in [3.63, 3.8) is 0 Å². The smallest absolute Gasteiger partial charge is 0.338 e. The predicted octanol–water partition coefficient (Wildman–Crippen LogP) is 4.00. The zero-order chi connectivity index (χ0) is 22.7. The zero-order valence-electron chi connectivity index (χ0n) is 19.6. The van der Waals surface area contributed by atoms with Crippen LogP contribution in [0.15, 0.2) is 0 Å². The molecule has 0 aromatic carbocycles. The van der Waals surface area contributed by atoms with Gasteiger partial charge >= 0.3 is 11.9 Å². The molecule has 174 valence electrons. The lowest BCUT2D eigenvalue weighted by atomic mass is 9.75. The van der Waals surface area contributed by atoms with E-state index in [-0.39, 0.29) is 0 Å². The van der Waals surface area contributed by atoms with E-state index in [1.54, 1.807) is 0 Å². The van der Waals surface area contributed by atoms with Gasteiger partial charge in [-0.25, -0.2) is 9.59 Å². The van der Waals surface area contributed by atoms with Crippen LogP contribution in [0.5, 0.6) is 0 Å². The van der Waals surface area contributed by atoms with Crippen molar-refractivity contribution in [3.05, 3.63) is 0 Å². The molecule has 0 aromatic heterocycles. The van der Waals surface area contributed by atoms with Crippen LogP contribution >= 0.6 is 0 Å². The minimum Gasteiger partial charge on any atom is -0.457 e. The fourth-order valence-electron chi connectivity index (χ4n) is 4.90. The first kappa shape index (κ1) is 25.1. The van der Waals surface area contributed by atoms with Gasteiger partial charge in [-0.2, -0.15) is 0 Å². The molecule has 0 amide bonds. The lowest BCUT2D eigenvalue weighted by Gasteiger charge is -2.39. The van der Waals surface area contributed by atoms with Crippen molar-refractivity contribution >= 4 is 11.9 Å². The summed E-state index contributed by atoms with van der Waals surface area (Å²) in [5.74, 6) is 0.466. The Labute approximate surface area is 181 Å². The number of esters is 2. The third-order valence-electron chi connectivity index (χ3n) is 7.54. The van der Waals surface area contributed by atoms with Crippen LogP contribution in [-0.2, 0) is 19.1 Å². The second-order valence-corrected chi connectivity index (χ2v) is 10.8. The molecule has 0 aliphatic heterocycles. The van der Waals surface area contributed by atoms with E-state index in [1.165, 1.54) is 0 Å². The number of carbonyl (C=O) groups excluding carboxylic acids is 2. The average molecular weight is 427 g/mol. The quantitative estimate of drug-likeness (QED) is 0.598. The zero-order valence-corrected chi connectivity index (χ0v) is 19.6. The van der Waals surface area contributed by atoms with Gasteiger partial charge < -0.3 is 19.7 Å². The molecule has 2 aliphatic rings. The van der Waals surface area contributed by atoms with Crippen LogP contribution in [0.4, 0.5) is 0 Å². The van der Waals surface area contributed by atoms with Crippen molar-refractivity contribution in [2.24, 2.45) is 23.7 Å². The van der Waals surface area contributed by atoms with Crippen molar-refractivity contribution in [2.45, 2.75) is 116 Å². The topological polar surface area (TPSA) is 93.1 Å².